The maximum absolute atomic E-state index is 12.3. The van der Waals surface area contributed by atoms with Crippen LogP contribution in [0.5, 0.6) is 0 Å². The van der Waals surface area contributed by atoms with Crippen LogP contribution in [0.2, 0.25) is 0 Å². The van der Waals surface area contributed by atoms with Crippen LogP contribution in [-0.2, 0) is 19.4 Å². The number of carbonyl (C=O) groups is 1. The molecule has 152 valence electrons. The molecule has 4 rings (SSSR count). The molecule has 0 saturated carbocycles. The third-order valence-corrected chi connectivity index (χ3v) is 8.34. The molecule has 7 heteroatoms. The number of aryl methyl sites for hydroxylation is 1. The van der Waals surface area contributed by atoms with Crippen molar-refractivity contribution in [2.45, 2.75) is 52.5 Å². The van der Waals surface area contributed by atoms with Gasteiger partial charge in [0, 0.05) is 24.5 Å². The summed E-state index contributed by atoms with van der Waals surface area (Å²) < 4.78 is 0. The zero-order valence-electron chi connectivity index (χ0n) is 17.2. The molecular formula is C21H29N3O2S2. The van der Waals surface area contributed by atoms with E-state index in [0.29, 0.717) is 5.56 Å². The third kappa shape index (κ3) is 3.72. The van der Waals surface area contributed by atoms with Gasteiger partial charge in [-0.1, -0.05) is 25.2 Å². The van der Waals surface area contributed by atoms with Crippen molar-refractivity contribution in [1.29, 1.82) is 0 Å². The number of nitrogens with zero attached hydrogens (tertiary/aromatic N) is 3. The van der Waals surface area contributed by atoms with Gasteiger partial charge in [0.05, 0.1) is 21.0 Å². The van der Waals surface area contributed by atoms with E-state index in [0.717, 1.165) is 65.0 Å². The number of fused-ring (bicyclic) bond motifs is 1. The summed E-state index contributed by atoms with van der Waals surface area (Å²) in [5.41, 5.74) is 2.77. The normalized spacial score (nSPS) is 18.7. The van der Waals surface area contributed by atoms with Gasteiger partial charge in [-0.05, 0) is 57.2 Å². The van der Waals surface area contributed by atoms with E-state index in [2.05, 4.69) is 23.6 Å². The first-order valence-electron chi connectivity index (χ1n) is 10.0. The second kappa shape index (κ2) is 7.43. The Morgan fingerprint density at radius 3 is 2.57 bits per heavy atom. The lowest BCUT2D eigenvalue weighted by molar-refractivity contribution is 0.0696. The number of hydrogen-bond donors (Lipinski definition) is 1. The molecule has 2 aromatic rings. The number of anilines is 1. The third-order valence-electron chi connectivity index (χ3n) is 5.72. The Labute approximate surface area is 175 Å². The molecule has 28 heavy (non-hydrogen) atoms. The minimum Gasteiger partial charge on any atom is -0.478 e. The number of thiazole rings is 1. The number of hydrogen-bond acceptors (Lipinski definition) is 6. The lowest BCUT2D eigenvalue weighted by Crippen LogP contribution is -2.22. The molecular weight excluding hydrogens is 390 g/mol. The van der Waals surface area contributed by atoms with Crippen molar-refractivity contribution in [2.75, 3.05) is 32.1 Å². The molecule has 0 unspecified atom stereocenters. The number of aromatic nitrogens is 1. The van der Waals surface area contributed by atoms with Gasteiger partial charge in [-0.3, -0.25) is 0 Å². The maximum Gasteiger partial charge on any atom is 0.337 e. The van der Waals surface area contributed by atoms with E-state index in [4.69, 9.17) is 4.98 Å². The van der Waals surface area contributed by atoms with Gasteiger partial charge in [0.2, 0.25) is 0 Å². The summed E-state index contributed by atoms with van der Waals surface area (Å²) in [5.74, 6) is -0.794. The van der Waals surface area contributed by atoms with Crippen LogP contribution in [0.4, 0.5) is 5.13 Å². The highest BCUT2D eigenvalue weighted by atomic mass is 32.1. The zero-order chi connectivity index (χ0) is 20.1. The van der Waals surface area contributed by atoms with E-state index in [1.807, 2.05) is 14.1 Å². The summed E-state index contributed by atoms with van der Waals surface area (Å²) in [6.45, 7) is 7.32. The van der Waals surface area contributed by atoms with Gasteiger partial charge in [0.1, 0.15) is 0 Å². The van der Waals surface area contributed by atoms with E-state index >= 15 is 0 Å². The quantitative estimate of drug-likeness (QED) is 0.758. The van der Waals surface area contributed by atoms with E-state index in [-0.39, 0.29) is 5.41 Å². The highest BCUT2D eigenvalue weighted by Gasteiger charge is 2.34. The monoisotopic (exact) mass is 419 g/mol. The molecule has 0 amide bonds. The van der Waals surface area contributed by atoms with Gasteiger partial charge >= 0.3 is 5.97 Å². The first-order valence-corrected chi connectivity index (χ1v) is 11.7. The Morgan fingerprint density at radius 2 is 1.93 bits per heavy atom. The lowest BCUT2D eigenvalue weighted by Gasteiger charge is -2.29. The lowest BCUT2D eigenvalue weighted by atomic mass is 9.76. The van der Waals surface area contributed by atoms with Crippen LogP contribution < -0.4 is 4.90 Å². The molecule has 1 N–H and O–H groups in total. The molecule has 1 saturated heterocycles. The minimum atomic E-state index is -0.794. The minimum absolute atomic E-state index is 0.163. The van der Waals surface area contributed by atoms with Crippen molar-refractivity contribution < 1.29 is 9.90 Å². The van der Waals surface area contributed by atoms with Crippen LogP contribution in [0.1, 0.15) is 59.6 Å². The fraction of sp³-hybridized carbons (Fsp3) is 0.619. The highest BCUT2D eigenvalue weighted by Crippen LogP contribution is 2.48. The van der Waals surface area contributed by atoms with Crippen LogP contribution in [0.25, 0.3) is 9.75 Å². The van der Waals surface area contributed by atoms with Gasteiger partial charge in [-0.25, -0.2) is 9.78 Å². The van der Waals surface area contributed by atoms with E-state index in [1.165, 1.54) is 17.7 Å². The standard InChI is InChI=1S/C21H29N3O2S2/c1-21(2)8-7-15-13(11-21)16(19(25)26)18(27-15)17-14(12-23(3)4)22-20(28-17)24-9-5-6-10-24/h5-12H2,1-4H3,(H,25,26). The van der Waals surface area contributed by atoms with Gasteiger partial charge < -0.3 is 14.9 Å². The zero-order valence-corrected chi connectivity index (χ0v) is 18.8. The van der Waals surface area contributed by atoms with Crippen LogP contribution in [0, 0.1) is 5.41 Å². The molecule has 0 atom stereocenters. The van der Waals surface area contributed by atoms with Gasteiger partial charge in [-0.2, -0.15) is 0 Å². The molecule has 1 fully saturated rings. The Kier molecular flexibility index (Phi) is 5.27. The Bertz CT molecular complexity index is 892. The molecule has 1 aliphatic carbocycles. The number of thiophene rings is 1. The number of carboxylic acids is 1. The van der Waals surface area contributed by atoms with Crippen molar-refractivity contribution in [3.63, 3.8) is 0 Å². The summed E-state index contributed by atoms with van der Waals surface area (Å²) in [5, 5.41) is 11.2. The Hall–Kier alpha value is -1.44. The van der Waals surface area contributed by atoms with Crippen molar-refractivity contribution >= 4 is 33.8 Å². The predicted octanol–water partition coefficient (Wildman–Crippen LogP) is 4.75. The largest absolute Gasteiger partial charge is 0.478 e. The maximum atomic E-state index is 12.3. The molecule has 5 nitrogen and oxygen atoms in total. The highest BCUT2D eigenvalue weighted by molar-refractivity contribution is 7.24. The van der Waals surface area contributed by atoms with Crippen LogP contribution >= 0.6 is 22.7 Å². The predicted molar refractivity (Wildman–Crippen MR) is 117 cm³/mol. The molecule has 0 spiro atoms. The average Bonchev–Trinajstić information content (AvgIpc) is 3.29. The van der Waals surface area contributed by atoms with Gasteiger partial charge in [0.15, 0.2) is 5.13 Å². The van der Waals surface area contributed by atoms with E-state index in [9.17, 15) is 9.90 Å². The molecule has 0 aromatic carbocycles. The Morgan fingerprint density at radius 1 is 1.21 bits per heavy atom. The summed E-state index contributed by atoms with van der Waals surface area (Å²) in [6, 6.07) is 0. The molecule has 1 aliphatic heterocycles. The number of rotatable bonds is 5. The van der Waals surface area contributed by atoms with Gasteiger partial charge in [0.25, 0.3) is 0 Å². The topological polar surface area (TPSA) is 56.7 Å². The smallest absolute Gasteiger partial charge is 0.337 e. The Balaban J connectivity index is 1.84. The van der Waals surface area contributed by atoms with Crippen LogP contribution in [0.15, 0.2) is 0 Å². The van der Waals surface area contributed by atoms with Crippen LogP contribution in [0.3, 0.4) is 0 Å². The first kappa shape index (κ1) is 19.9. The molecule has 3 heterocycles. The molecule has 0 bridgehead atoms. The van der Waals surface area contributed by atoms with Gasteiger partial charge in [-0.15, -0.1) is 11.3 Å². The summed E-state index contributed by atoms with van der Waals surface area (Å²) in [6.07, 6.45) is 5.36. The summed E-state index contributed by atoms with van der Waals surface area (Å²) in [4.78, 5) is 25.0. The summed E-state index contributed by atoms with van der Waals surface area (Å²) >= 11 is 3.38. The SMILES string of the molecule is CN(C)Cc1nc(N2CCCC2)sc1-c1sc2c(c1C(=O)O)CC(C)(C)CC2. The van der Waals surface area contributed by atoms with Crippen molar-refractivity contribution in [3.8, 4) is 9.75 Å². The van der Waals surface area contributed by atoms with Crippen LogP contribution in [-0.4, -0.2) is 48.1 Å². The fourth-order valence-corrected chi connectivity index (χ4v) is 6.87. The second-order valence-electron chi connectivity index (χ2n) is 9.06. The molecule has 2 aliphatic rings. The summed E-state index contributed by atoms with van der Waals surface area (Å²) in [7, 11) is 4.08. The molecule has 2 aromatic heterocycles. The second-order valence-corrected chi connectivity index (χ2v) is 11.1. The van der Waals surface area contributed by atoms with Crippen molar-refractivity contribution in [3.05, 3.63) is 21.7 Å². The number of carboxylic acid groups (broad SMARTS) is 1. The van der Waals surface area contributed by atoms with Crippen molar-refractivity contribution in [2.24, 2.45) is 5.41 Å². The fourth-order valence-electron chi connectivity index (χ4n) is 4.27. The average molecular weight is 420 g/mol. The van der Waals surface area contributed by atoms with E-state index in [1.54, 1.807) is 22.7 Å². The number of aromatic carboxylic acids is 1. The molecule has 0 radical (unpaired) electrons. The van der Waals surface area contributed by atoms with Crippen molar-refractivity contribution in [1.82, 2.24) is 9.88 Å². The van der Waals surface area contributed by atoms with E-state index < -0.39 is 5.97 Å². The first-order chi connectivity index (χ1) is 13.2.